The number of hydrogen-bond donors (Lipinski definition) is 1. The Bertz CT molecular complexity index is 290. The van der Waals surface area contributed by atoms with E-state index in [4.69, 9.17) is 4.74 Å². The molecule has 1 atom stereocenters. The highest BCUT2D eigenvalue weighted by molar-refractivity contribution is 5.80. The highest BCUT2D eigenvalue weighted by Crippen LogP contribution is 2.24. The first-order chi connectivity index (χ1) is 9.57. The van der Waals surface area contributed by atoms with E-state index in [-0.39, 0.29) is 5.97 Å². The van der Waals surface area contributed by atoms with Crippen molar-refractivity contribution in [1.29, 1.82) is 0 Å². The third-order valence-electron chi connectivity index (χ3n) is 4.31. The fourth-order valence-corrected chi connectivity index (χ4v) is 3.22. The lowest BCUT2D eigenvalue weighted by atomic mass is 9.92. The fourth-order valence-electron chi connectivity index (χ4n) is 3.22. The van der Waals surface area contributed by atoms with E-state index in [1.54, 1.807) is 0 Å². The van der Waals surface area contributed by atoms with Crippen molar-refractivity contribution in [2.75, 3.05) is 26.2 Å². The van der Waals surface area contributed by atoms with Crippen molar-refractivity contribution >= 4 is 5.97 Å². The Kier molecular flexibility index (Phi) is 7.52. The Morgan fingerprint density at radius 2 is 1.90 bits per heavy atom. The molecule has 0 aromatic carbocycles. The molecule has 1 saturated carbocycles. The molecule has 0 radical (unpaired) electrons. The van der Waals surface area contributed by atoms with Crippen LogP contribution in [-0.4, -0.2) is 48.7 Å². The van der Waals surface area contributed by atoms with E-state index in [0.717, 1.165) is 19.6 Å². The summed E-state index contributed by atoms with van der Waals surface area (Å²) in [5.41, 5.74) is -0.599. The van der Waals surface area contributed by atoms with E-state index in [1.807, 2.05) is 20.8 Å². The molecule has 1 aliphatic carbocycles. The summed E-state index contributed by atoms with van der Waals surface area (Å²) in [5, 5.41) is 3.33. The van der Waals surface area contributed by atoms with Crippen LogP contribution in [0.2, 0.25) is 0 Å². The van der Waals surface area contributed by atoms with Gasteiger partial charge in [0.25, 0.3) is 0 Å². The van der Waals surface area contributed by atoms with Crippen LogP contribution < -0.4 is 5.32 Å². The molecule has 0 spiro atoms. The number of nitrogens with one attached hydrogen (secondary N) is 1. The lowest BCUT2D eigenvalue weighted by molar-refractivity contribution is -0.151. The quantitative estimate of drug-likeness (QED) is 0.696. The van der Waals surface area contributed by atoms with Gasteiger partial charge in [-0.3, -0.25) is 9.69 Å². The second-order valence-corrected chi connectivity index (χ2v) is 5.94. The van der Waals surface area contributed by atoms with E-state index >= 15 is 0 Å². The summed E-state index contributed by atoms with van der Waals surface area (Å²) in [6, 6.07) is 0.626. The van der Waals surface area contributed by atoms with Crippen LogP contribution in [0.4, 0.5) is 0 Å². The first-order valence-electron chi connectivity index (χ1n) is 8.23. The largest absolute Gasteiger partial charge is 0.465 e. The van der Waals surface area contributed by atoms with E-state index < -0.39 is 5.54 Å². The minimum absolute atomic E-state index is 0.129. The second-order valence-electron chi connectivity index (χ2n) is 5.94. The first kappa shape index (κ1) is 17.4. The Hall–Kier alpha value is -0.610. The monoisotopic (exact) mass is 284 g/mol. The minimum atomic E-state index is -0.599. The highest BCUT2D eigenvalue weighted by Gasteiger charge is 2.37. The third kappa shape index (κ3) is 4.74. The molecule has 20 heavy (non-hydrogen) atoms. The van der Waals surface area contributed by atoms with Crippen LogP contribution in [0, 0.1) is 0 Å². The number of esters is 1. The lowest BCUT2D eigenvalue weighted by Gasteiger charge is -2.39. The molecule has 1 rings (SSSR count). The molecule has 1 aliphatic rings. The molecule has 0 bridgehead atoms. The standard InChI is InChI=1S/C16H32N2O2/c1-5-17-16(4,15(19)20-7-3)13-18(6-2)14-11-9-8-10-12-14/h14,17H,5-13H2,1-4H3. The molecule has 4 nitrogen and oxygen atoms in total. The summed E-state index contributed by atoms with van der Waals surface area (Å²) < 4.78 is 5.26. The Morgan fingerprint density at radius 3 is 2.40 bits per heavy atom. The molecule has 0 heterocycles. The van der Waals surface area contributed by atoms with Crippen LogP contribution in [0.15, 0.2) is 0 Å². The van der Waals surface area contributed by atoms with E-state index in [2.05, 4.69) is 17.1 Å². The number of hydrogen-bond acceptors (Lipinski definition) is 4. The maximum atomic E-state index is 12.3. The minimum Gasteiger partial charge on any atom is -0.465 e. The van der Waals surface area contributed by atoms with Crippen molar-refractivity contribution in [3.05, 3.63) is 0 Å². The molecule has 1 unspecified atom stereocenters. The van der Waals surface area contributed by atoms with Crippen molar-refractivity contribution < 1.29 is 9.53 Å². The van der Waals surface area contributed by atoms with Crippen LogP contribution in [0.1, 0.15) is 59.8 Å². The smallest absolute Gasteiger partial charge is 0.327 e. The number of likely N-dealkylation sites (N-methyl/N-ethyl adjacent to an activating group) is 2. The average molecular weight is 284 g/mol. The van der Waals surface area contributed by atoms with Gasteiger partial charge in [0.1, 0.15) is 5.54 Å². The van der Waals surface area contributed by atoms with Gasteiger partial charge in [-0.15, -0.1) is 0 Å². The molecule has 0 aliphatic heterocycles. The zero-order valence-electron chi connectivity index (χ0n) is 13.7. The van der Waals surface area contributed by atoms with Gasteiger partial charge in [0, 0.05) is 12.6 Å². The Balaban J connectivity index is 2.72. The van der Waals surface area contributed by atoms with Gasteiger partial charge in [0.2, 0.25) is 0 Å². The van der Waals surface area contributed by atoms with Crippen molar-refractivity contribution in [2.24, 2.45) is 0 Å². The molecule has 4 heteroatoms. The summed E-state index contributed by atoms with van der Waals surface area (Å²) in [6.07, 6.45) is 6.52. The molecular weight excluding hydrogens is 252 g/mol. The van der Waals surface area contributed by atoms with Crippen LogP contribution in [0.3, 0.4) is 0 Å². The second kappa shape index (κ2) is 8.63. The maximum Gasteiger partial charge on any atom is 0.327 e. The predicted molar refractivity (Wildman–Crippen MR) is 82.8 cm³/mol. The Labute approximate surface area is 124 Å². The van der Waals surface area contributed by atoms with Gasteiger partial charge in [0.15, 0.2) is 0 Å². The molecule has 1 fully saturated rings. The van der Waals surface area contributed by atoms with Gasteiger partial charge in [-0.1, -0.05) is 33.1 Å². The molecule has 0 aromatic heterocycles. The van der Waals surface area contributed by atoms with Gasteiger partial charge in [-0.25, -0.2) is 0 Å². The normalized spacial score (nSPS) is 19.9. The van der Waals surface area contributed by atoms with Crippen molar-refractivity contribution in [2.45, 2.75) is 71.4 Å². The molecular formula is C16H32N2O2. The zero-order valence-corrected chi connectivity index (χ0v) is 13.7. The van der Waals surface area contributed by atoms with Gasteiger partial charge in [0.05, 0.1) is 6.61 Å². The average Bonchev–Trinajstić information content (AvgIpc) is 2.46. The van der Waals surface area contributed by atoms with Crippen LogP contribution >= 0.6 is 0 Å². The summed E-state index contributed by atoms with van der Waals surface area (Å²) >= 11 is 0. The van der Waals surface area contributed by atoms with Crippen LogP contribution in [0.5, 0.6) is 0 Å². The molecule has 118 valence electrons. The molecule has 0 aromatic rings. The van der Waals surface area contributed by atoms with E-state index in [9.17, 15) is 4.79 Å². The molecule has 1 N–H and O–H groups in total. The number of carbonyl (C=O) groups excluding carboxylic acids is 1. The summed E-state index contributed by atoms with van der Waals surface area (Å²) in [7, 11) is 0. The molecule has 0 saturated heterocycles. The summed E-state index contributed by atoms with van der Waals surface area (Å²) in [6.45, 7) is 11.0. The first-order valence-corrected chi connectivity index (χ1v) is 8.23. The van der Waals surface area contributed by atoms with Crippen molar-refractivity contribution in [1.82, 2.24) is 10.2 Å². The van der Waals surface area contributed by atoms with Crippen molar-refractivity contribution in [3.8, 4) is 0 Å². The number of rotatable bonds is 8. The van der Waals surface area contributed by atoms with Gasteiger partial charge >= 0.3 is 5.97 Å². The summed E-state index contributed by atoms with van der Waals surface area (Å²) in [5.74, 6) is -0.129. The number of carbonyl (C=O) groups is 1. The topological polar surface area (TPSA) is 41.6 Å². The van der Waals surface area contributed by atoms with Gasteiger partial charge in [-0.05, 0) is 39.8 Å². The van der Waals surface area contributed by atoms with Gasteiger partial charge in [-0.2, -0.15) is 0 Å². The SMILES string of the molecule is CCNC(C)(CN(CC)C1CCCCC1)C(=O)OCC. The van der Waals surface area contributed by atoms with Gasteiger partial charge < -0.3 is 10.1 Å². The third-order valence-corrected chi connectivity index (χ3v) is 4.31. The number of nitrogens with zero attached hydrogens (tertiary/aromatic N) is 1. The lowest BCUT2D eigenvalue weighted by Crippen LogP contribution is -2.59. The zero-order chi connectivity index (χ0) is 15.0. The summed E-state index contributed by atoms with van der Waals surface area (Å²) in [4.78, 5) is 14.7. The van der Waals surface area contributed by atoms with Crippen molar-refractivity contribution in [3.63, 3.8) is 0 Å². The fraction of sp³-hybridized carbons (Fsp3) is 0.938. The Morgan fingerprint density at radius 1 is 1.25 bits per heavy atom. The van der Waals surface area contributed by atoms with Crippen LogP contribution in [0.25, 0.3) is 0 Å². The number of ether oxygens (including phenoxy) is 1. The van der Waals surface area contributed by atoms with E-state index in [0.29, 0.717) is 12.6 Å². The highest BCUT2D eigenvalue weighted by atomic mass is 16.5. The van der Waals surface area contributed by atoms with Crippen LogP contribution in [-0.2, 0) is 9.53 Å². The van der Waals surface area contributed by atoms with E-state index in [1.165, 1.54) is 32.1 Å². The maximum absolute atomic E-state index is 12.3. The predicted octanol–water partition coefficient (Wildman–Crippen LogP) is 2.57. The molecule has 0 amide bonds.